The van der Waals surface area contributed by atoms with Crippen LogP contribution < -0.4 is 9.80 Å². The number of para-hydroxylation sites is 2. The van der Waals surface area contributed by atoms with Crippen LogP contribution in [0.3, 0.4) is 0 Å². The summed E-state index contributed by atoms with van der Waals surface area (Å²) in [6.07, 6.45) is 3.35. The van der Waals surface area contributed by atoms with E-state index < -0.39 is 0 Å². The number of hydrogen-bond acceptors (Lipinski definition) is 3. The summed E-state index contributed by atoms with van der Waals surface area (Å²) in [4.78, 5) is 17.7. The lowest BCUT2D eigenvalue weighted by Crippen LogP contribution is -2.46. The first-order chi connectivity index (χ1) is 16.2. The van der Waals surface area contributed by atoms with E-state index in [-0.39, 0.29) is 18.0 Å². The highest BCUT2D eigenvalue weighted by atomic mass is 16.3. The number of anilines is 2. The van der Waals surface area contributed by atoms with Crippen LogP contribution in [0.5, 0.6) is 0 Å². The molecule has 1 aliphatic heterocycles. The van der Waals surface area contributed by atoms with E-state index in [1.54, 1.807) is 18.4 Å². The van der Waals surface area contributed by atoms with Crippen LogP contribution in [0.2, 0.25) is 0 Å². The van der Waals surface area contributed by atoms with Crippen LogP contribution in [0.25, 0.3) is 0 Å². The van der Waals surface area contributed by atoms with Gasteiger partial charge < -0.3 is 14.2 Å². The molecule has 3 aromatic carbocycles. The van der Waals surface area contributed by atoms with Crippen molar-refractivity contribution in [2.75, 3.05) is 16.3 Å². The summed E-state index contributed by atoms with van der Waals surface area (Å²) in [6, 6.07) is 33.2. The van der Waals surface area contributed by atoms with Gasteiger partial charge in [-0.05, 0) is 61.2 Å². The van der Waals surface area contributed by atoms with Crippen LogP contribution in [0, 0.1) is 0 Å². The monoisotopic (exact) mass is 436 g/mol. The van der Waals surface area contributed by atoms with Crippen molar-refractivity contribution in [1.29, 1.82) is 0 Å². The van der Waals surface area contributed by atoms with Gasteiger partial charge in [-0.25, -0.2) is 0 Å². The largest absolute Gasteiger partial charge is 0.459 e. The molecule has 5 rings (SSSR count). The zero-order chi connectivity index (χ0) is 22.6. The summed E-state index contributed by atoms with van der Waals surface area (Å²) in [5.74, 6) is 0.285. The fraction of sp³-hybridized carbons (Fsp3) is 0.207. The Balaban J connectivity index is 1.52. The number of benzene rings is 3. The predicted molar refractivity (Wildman–Crippen MR) is 133 cm³/mol. The molecule has 0 radical (unpaired) electrons. The van der Waals surface area contributed by atoms with E-state index in [1.165, 1.54) is 16.8 Å². The van der Waals surface area contributed by atoms with Gasteiger partial charge in [0.25, 0.3) is 5.91 Å². The Labute approximate surface area is 195 Å². The summed E-state index contributed by atoms with van der Waals surface area (Å²) in [5, 5.41) is 0. The van der Waals surface area contributed by atoms with Crippen LogP contribution in [-0.4, -0.2) is 18.5 Å². The van der Waals surface area contributed by atoms with Gasteiger partial charge in [-0.3, -0.25) is 4.79 Å². The minimum absolute atomic E-state index is 0.0328. The molecule has 2 atom stereocenters. The standard InChI is InChI=1S/C29H28N2O2/c1-22-21-27(25-15-8-9-16-26(25)31(22)29(32)28-17-10-20-33-28)30(24-13-6-3-7-14-24)19-18-23-11-4-2-5-12-23/h2-17,20,22,27H,18-19,21H2,1H3. The van der Waals surface area contributed by atoms with Crippen LogP contribution in [-0.2, 0) is 6.42 Å². The first-order valence-corrected chi connectivity index (χ1v) is 11.5. The van der Waals surface area contributed by atoms with Gasteiger partial charge in [0, 0.05) is 24.0 Å². The molecular weight excluding hydrogens is 408 g/mol. The molecule has 166 valence electrons. The number of furan rings is 1. The number of nitrogens with zero attached hydrogens (tertiary/aromatic N) is 2. The molecule has 4 aromatic rings. The molecule has 4 nitrogen and oxygen atoms in total. The normalized spacial score (nSPS) is 17.4. The third-order valence-electron chi connectivity index (χ3n) is 6.46. The molecule has 0 spiro atoms. The van der Waals surface area contributed by atoms with Crippen molar-refractivity contribution < 1.29 is 9.21 Å². The average Bonchev–Trinajstić information content (AvgIpc) is 3.40. The molecule has 33 heavy (non-hydrogen) atoms. The second-order valence-corrected chi connectivity index (χ2v) is 8.58. The Bertz CT molecular complexity index is 1190. The number of amides is 1. The quantitative estimate of drug-likeness (QED) is 0.346. The van der Waals surface area contributed by atoms with Crippen molar-refractivity contribution in [1.82, 2.24) is 0 Å². The zero-order valence-corrected chi connectivity index (χ0v) is 18.8. The molecule has 0 saturated carbocycles. The third-order valence-corrected chi connectivity index (χ3v) is 6.46. The Kier molecular flexibility index (Phi) is 5.99. The maximum atomic E-state index is 13.3. The molecule has 1 aromatic heterocycles. The molecular formula is C29H28N2O2. The van der Waals surface area contributed by atoms with E-state index in [4.69, 9.17) is 4.42 Å². The fourth-order valence-electron chi connectivity index (χ4n) is 4.88. The number of fused-ring (bicyclic) bond motifs is 1. The van der Waals surface area contributed by atoms with E-state index in [0.717, 1.165) is 25.1 Å². The molecule has 0 aliphatic carbocycles. The van der Waals surface area contributed by atoms with Gasteiger partial charge in [0.1, 0.15) is 0 Å². The molecule has 2 heterocycles. The van der Waals surface area contributed by atoms with Crippen LogP contribution in [0.15, 0.2) is 108 Å². The Morgan fingerprint density at radius 2 is 1.61 bits per heavy atom. The summed E-state index contributed by atoms with van der Waals surface area (Å²) in [5.41, 5.74) is 4.66. The van der Waals surface area contributed by atoms with Crippen molar-refractivity contribution in [2.24, 2.45) is 0 Å². The van der Waals surface area contributed by atoms with E-state index in [2.05, 4.69) is 90.7 Å². The SMILES string of the molecule is CC1CC(N(CCc2ccccc2)c2ccccc2)c2ccccc2N1C(=O)c1ccco1. The van der Waals surface area contributed by atoms with Crippen LogP contribution >= 0.6 is 0 Å². The van der Waals surface area contributed by atoms with Gasteiger partial charge in [0.05, 0.1) is 12.3 Å². The van der Waals surface area contributed by atoms with Crippen molar-refractivity contribution in [3.8, 4) is 0 Å². The Morgan fingerprint density at radius 3 is 2.33 bits per heavy atom. The van der Waals surface area contributed by atoms with Gasteiger partial charge >= 0.3 is 0 Å². The second kappa shape index (κ2) is 9.37. The lowest BCUT2D eigenvalue weighted by molar-refractivity contribution is 0.0946. The molecule has 4 heteroatoms. The third kappa shape index (κ3) is 4.29. The van der Waals surface area contributed by atoms with Gasteiger partial charge in [-0.15, -0.1) is 0 Å². The maximum absolute atomic E-state index is 13.3. The Hall–Kier alpha value is -3.79. The summed E-state index contributed by atoms with van der Waals surface area (Å²) >= 11 is 0. The average molecular weight is 437 g/mol. The highest BCUT2D eigenvalue weighted by Gasteiger charge is 2.37. The van der Waals surface area contributed by atoms with Gasteiger partial charge in [-0.1, -0.05) is 66.7 Å². The zero-order valence-electron chi connectivity index (χ0n) is 18.8. The first-order valence-electron chi connectivity index (χ1n) is 11.5. The van der Waals surface area contributed by atoms with Crippen molar-refractivity contribution in [3.63, 3.8) is 0 Å². The van der Waals surface area contributed by atoms with E-state index in [0.29, 0.717) is 5.76 Å². The lowest BCUT2D eigenvalue weighted by atomic mass is 9.89. The van der Waals surface area contributed by atoms with Gasteiger partial charge in [0.2, 0.25) is 0 Å². The van der Waals surface area contributed by atoms with Crippen LogP contribution in [0.4, 0.5) is 11.4 Å². The van der Waals surface area contributed by atoms with Gasteiger partial charge in [0.15, 0.2) is 5.76 Å². The minimum atomic E-state index is -0.0889. The number of carbonyl (C=O) groups excluding carboxylic acids is 1. The molecule has 0 saturated heterocycles. The molecule has 0 fully saturated rings. The summed E-state index contributed by atoms with van der Waals surface area (Å²) < 4.78 is 5.44. The number of hydrogen-bond donors (Lipinski definition) is 0. The summed E-state index contributed by atoms with van der Waals surface area (Å²) in [7, 11) is 0. The van der Waals surface area contributed by atoms with Gasteiger partial charge in [-0.2, -0.15) is 0 Å². The Morgan fingerprint density at radius 1 is 0.909 bits per heavy atom. The highest BCUT2D eigenvalue weighted by molar-refractivity contribution is 6.05. The van der Waals surface area contributed by atoms with Crippen molar-refractivity contribution >= 4 is 17.3 Å². The van der Waals surface area contributed by atoms with E-state index in [9.17, 15) is 4.79 Å². The molecule has 0 N–H and O–H groups in total. The van der Waals surface area contributed by atoms with E-state index >= 15 is 0 Å². The topological polar surface area (TPSA) is 36.7 Å². The maximum Gasteiger partial charge on any atom is 0.294 e. The number of carbonyl (C=O) groups is 1. The fourth-order valence-corrected chi connectivity index (χ4v) is 4.88. The molecule has 1 amide bonds. The molecule has 2 unspecified atom stereocenters. The summed E-state index contributed by atoms with van der Waals surface area (Å²) in [6.45, 7) is 3.02. The van der Waals surface area contributed by atoms with Crippen LogP contribution in [0.1, 0.15) is 41.1 Å². The van der Waals surface area contributed by atoms with E-state index in [1.807, 2.05) is 11.0 Å². The minimum Gasteiger partial charge on any atom is -0.459 e. The number of rotatable bonds is 6. The van der Waals surface area contributed by atoms with Crippen molar-refractivity contribution in [2.45, 2.75) is 31.8 Å². The smallest absolute Gasteiger partial charge is 0.294 e. The predicted octanol–water partition coefficient (Wildman–Crippen LogP) is 6.51. The second-order valence-electron chi connectivity index (χ2n) is 8.58. The highest BCUT2D eigenvalue weighted by Crippen LogP contribution is 2.42. The molecule has 0 bridgehead atoms. The lowest BCUT2D eigenvalue weighted by Gasteiger charge is -2.44. The molecule has 1 aliphatic rings. The van der Waals surface area contributed by atoms with Crippen molar-refractivity contribution in [3.05, 3.63) is 120 Å². The first kappa shape index (κ1) is 21.1.